The third kappa shape index (κ3) is 3.44. The maximum absolute atomic E-state index is 12.1. The second kappa shape index (κ2) is 7.06. The summed E-state index contributed by atoms with van der Waals surface area (Å²) in [6.07, 6.45) is 1.46. The number of carbonyl (C=O) groups is 3. The van der Waals surface area contributed by atoms with Gasteiger partial charge in [0.1, 0.15) is 18.4 Å². The highest BCUT2D eigenvalue weighted by molar-refractivity contribution is 6.04. The molecular weight excluding hydrogens is 284 g/mol. The molecule has 1 aromatic rings. The molecule has 3 amide bonds. The number of benzene rings is 1. The molecule has 1 heterocycles. The Morgan fingerprint density at radius 3 is 2.73 bits per heavy atom. The lowest BCUT2D eigenvalue weighted by atomic mass is 10.1. The highest BCUT2D eigenvalue weighted by Crippen LogP contribution is 2.18. The van der Waals surface area contributed by atoms with E-state index >= 15 is 0 Å². The summed E-state index contributed by atoms with van der Waals surface area (Å²) in [4.78, 5) is 36.5. The van der Waals surface area contributed by atoms with Crippen LogP contribution >= 0.6 is 0 Å². The average molecular weight is 304 g/mol. The van der Waals surface area contributed by atoms with Gasteiger partial charge in [-0.2, -0.15) is 0 Å². The van der Waals surface area contributed by atoms with Crippen LogP contribution in [-0.4, -0.2) is 41.8 Å². The van der Waals surface area contributed by atoms with E-state index in [9.17, 15) is 14.4 Å². The predicted octanol–water partition coefficient (Wildman–Crippen LogP) is 1.99. The van der Waals surface area contributed by atoms with Crippen LogP contribution in [0.5, 0.6) is 5.75 Å². The van der Waals surface area contributed by atoms with E-state index in [0.29, 0.717) is 17.7 Å². The number of rotatable bonds is 7. The number of para-hydroxylation sites is 1. The summed E-state index contributed by atoms with van der Waals surface area (Å²) in [6, 6.07) is 6.10. The Bertz CT molecular complexity index is 585. The Hall–Kier alpha value is -2.37. The summed E-state index contributed by atoms with van der Waals surface area (Å²) in [7, 11) is 0. The van der Waals surface area contributed by atoms with E-state index in [-0.39, 0.29) is 30.9 Å². The summed E-state index contributed by atoms with van der Waals surface area (Å²) < 4.78 is 5.56. The van der Waals surface area contributed by atoms with E-state index in [2.05, 4.69) is 5.32 Å². The van der Waals surface area contributed by atoms with Gasteiger partial charge in [-0.3, -0.25) is 14.5 Å². The first-order valence-corrected chi connectivity index (χ1v) is 7.39. The van der Waals surface area contributed by atoms with Crippen LogP contribution in [0.25, 0.3) is 0 Å². The molecule has 1 saturated heterocycles. The molecular formula is C16H20N2O4. The number of carbonyl (C=O) groups excluding carboxylic acids is 3. The van der Waals surface area contributed by atoms with E-state index in [1.165, 1.54) is 6.92 Å². The molecule has 1 N–H and O–H groups in total. The van der Waals surface area contributed by atoms with E-state index in [4.69, 9.17) is 4.74 Å². The minimum atomic E-state index is -0.429. The van der Waals surface area contributed by atoms with Gasteiger partial charge in [0.2, 0.25) is 0 Å². The summed E-state index contributed by atoms with van der Waals surface area (Å²) >= 11 is 0. The van der Waals surface area contributed by atoms with Gasteiger partial charge in [-0.05, 0) is 25.5 Å². The standard InChI is InChI=1S/C16H20N2O4/c1-3-6-13-15(20)18(16(21)17-13)9-10-22-14-8-5-4-7-12(14)11(2)19/h4-5,7-8,13H,3,6,9-10H2,1-2H3,(H,17,21)/t13-/m1/s1. The Balaban J connectivity index is 1.93. The Labute approximate surface area is 129 Å². The lowest BCUT2D eigenvalue weighted by Crippen LogP contribution is -2.35. The van der Waals surface area contributed by atoms with Crippen molar-refractivity contribution >= 4 is 17.7 Å². The molecule has 6 nitrogen and oxygen atoms in total. The minimum Gasteiger partial charge on any atom is -0.491 e. The molecule has 1 aliphatic heterocycles. The first kappa shape index (κ1) is 16.0. The van der Waals surface area contributed by atoms with Gasteiger partial charge in [-0.15, -0.1) is 0 Å². The van der Waals surface area contributed by atoms with Crippen LogP contribution in [0, 0.1) is 0 Å². The van der Waals surface area contributed by atoms with Crippen molar-refractivity contribution < 1.29 is 19.1 Å². The van der Waals surface area contributed by atoms with Crippen LogP contribution in [0.4, 0.5) is 4.79 Å². The minimum absolute atomic E-state index is 0.0893. The van der Waals surface area contributed by atoms with Gasteiger partial charge >= 0.3 is 6.03 Å². The summed E-state index contributed by atoms with van der Waals surface area (Å²) in [5.74, 6) is 0.163. The number of urea groups is 1. The first-order valence-electron chi connectivity index (χ1n) is 7.39. The Kier molecular flexibility index (Phi) is 5.14. The summed E-state index contributed by atoms with van der Waals surface area (Å²) in [5.41, 5.74) is 0.489. The highest BCUT2D eigenvalue weighted by atomic mass is 16.5. The van der Waals surface area contributed by atoms with Crippen LogP contribution in [-0.2, 0) is 4.79 Å². The van der Waals surface area contributed by atoms with Crippen LogP contribution in [0.1, 0.15) is 37.0 Å². The largest absolute Gasteiger partial charge is 0.491 e. The molecule has 0 saturated carbocycles. The van der Waals surface area contributed by atoms with Crippen LogP contribution in [0.2, 0.25) is 0 Å². The SMILES string of the molecule is CCC[C@H]1NC(=O)N(CCOc2ccccc2C(C)=O)C1=O. The van der Waals surface area contributed by atoms with Crippen LogP contribution in [0.15, 0.2) is 24.3 Å². The predicted molar refractivity (Wildman–Crippen MR) is 80.9 cm³/mol. The van der Waals surface area contributed by atoms with Gasteiger partial charge in [-0.1, -0.05) is 25.5 Å². The van der Waals surface area contributed by atoms with Crippen LogP contribution < -0.4 is 10.1 Å². The van der Waals surface area contributed by atoms with Crippen molar-refractivity contribution in [3.8, 4) is 5.75 Å². The summed E-state index contributed by atoms with van der Waals surface area (Å²) in [6.45, 7) is 3.75. The first-order chi connectivity index (χ1) is 10.5. The lowest BCUT2D eigenvalue weighted by molar-refractivity contribution is -0.127. The zero-order valence-corrected chi connectivity index (χ0v) is 12.8. The molecule has 0 bridgehead atoms. The van der Waals surface area contributed by atoms with Crippen molar-refractivity contribution in [2.75, 3.05) is 13.2 Å². The third-order valence-electron chi connectivity index (χ3n) is 3.52. The number of amides is 3. The Morgan fingerprint density at radius 2 is 2.05 bits per heavy atom. The van der Waals surface area contributed by atoms with E-state index in [0.717, 1.165) is 11.3 Å². The molecule has 2 rings (SSSR count). The molecule has 0 aromatic heterocycles. The molecule has 0 unspecified atom stereocenters. The van der Waals surface area contributed by atoms with Crippen molar-refractivity contribution in [2.45, 2.75) is 32.7 Å². The number of Topliss-reactive ketones (excluding diaryl/α,β-unsaturated/α-hetero) is 1. The second-order valence-electron chi connectivity index (χ2n) is 5.18. The van der Waals surface area contributed by atoms with Crippen molar-refractivity contribution in [1.82, 2.24) is 10.2 Å². The number of ether oxygens (including phenoxy) is 1. The highest BCUT2D eigenvalue weighted by Gasteiger charge is 2.36. The van der Waals surface area contributed by atoms with E-state index in [1.54, 1.807) is 24.3 Å². The summed E-state index contributed by atoms with van der Waals surface area (Å²) in [5, 5.41) is 2.66. The molecule has 0 spiro atoms. The molecule has 1 aliphatic rings. The molecule has 0 aliphatic carbocycles. The molecule has 1 fully saturated rings. The molecule has 0 radical (unpaired) electrons. The topological polar surface area (TPSA) is 75.7 Å². The normalized spacial score (nSPS) is 17.5. The van der Waals surface area contributed by atoms with Gasteiger partial charge < -0.3 is 10.1 Å². The number of nitrogens with one attached hydrogen (secondary N) is 1. The van der Waals surface area contributed by atoms with E-state index in [1.807, 2.05) is 6.92 Å². The number of hydrogen-bond acceptors (Lipinski definition) is 4. The van der Waals surface area contributed by atoms with Crippen LogP contribution in [0.3, 0.4) is 0 Å². The molecule has 1 atom stereocenters. The number of imide groups is 1. The van der Waals surface area contributed by atoms with Crippen molar-refractivity contribution in [3.63, 3.8) is 0 Å². The smallest absolute Gasteiger partial charge is 0.324 e. The Morgan fingerprint density at radius 1 is 1.32 bits per heavy atom. The van der Waals surface area contributed by atoms with Gasteiger partial charge in [0, 0.05) is 0 Å². The van der Waals surface area contributed by atoms with Gasteiger partial charge in [0.15, 0.2) is 5.78 Å². The lowest BCUT2D eigenvalue weighted by Gasteiger charge is -2.14. The van der Waals surface area contributed by atoms with Gasteiger partial charge in [0.05, 0.1) is 12.1 Å². The third-order valence-corrected chi connectivity index (χ3v) is 3.52. The fourth-order valence-electron chi connectivity index (χ4n) is 2.40. The van der Waals surface area contributed by atoms with Crippen molar-refractivity contribution in [3.05, 3.63) is 29.8 Å². The average Bonchev–Trinajstić information content (AvgIpc) is 2.75. The van der Waals surface area contributed by atoms with Gasteiger partial charge in [-0.25, -0.2) is 4.79 Å². The van der Waals surface area contributed by atoms with Crippen molar-refractivity contribution in [2.24, 2.45) is 0 Å². The second-order valence-corrected chi connectivity index (χ2v) is 5.18. The van der Waals surface area contributed by atoms with Crippen molar-refractivity contribution in [1.29, 1.82) is 0 Å². The quantitative estimate of drug-likeness (QED) is 0.617. The fourth-order valence-corrected chi connectivity index (χ4v) is 2.40. The molecule has 22 heavy (non-hydrogen) atoms. The molecule has 1 aromatic carbocycles. The molecule has 118 valence electrons. The van der Waals surface area contributed by atoms with Gasteiger partial charge in [0.25, 0.3) is 5.91 Å². The maximum Gasteiger partial charge on any atom is 0.324 e. The maximum atomic E-state index is 12.1. The number of hydrogen-bond donors (Lipinski definition) is 1. The number of ketones is 1. The fraction of sp³-hybridized carbons (Fsp3) is 0.438. The van der Waals surface area contributed by atoms with E-state index < -0.39 is 6.04 Å². The zero-order chi connectivity index (χ0) is 16.1. The zero-order valence-electron chi connectivity index (χ0n) is 12.8. The molecule has 6 heteroatoms. The number of nitrogens with zero attached hydrogens (tertiary/aromatic N) is 1. The monoisotopic (exact) mass is 304 g/mol.